The third-order valence-corrected chi connectivity index (χ3v) is 5.11. The van der Waals surface area contributed by atoms with Gasteiger partial charge in [-0.05, 0) is 33.6 Å². The third kappa shape index (κ3) is 6.38. The van der Waals surface area contributed by atoms with Gasteiger partial charge in [-0.3, -0.25) is 9.79 Å². The molecule has 0 unspecified atom stereocenters. The van der Waals surface area contributed by atoms with E-state index in [2.05, 4.69) is 15.6 Å². The lowest BCUT2D eigenvalue weighted by atomic mass is 9.84. The molecular weight excluding hydrogens is 473 g/mol. The highest BCUT2D eigenvalue weighted by Crippen LogP contribution is 2.38. The monoisotopic (exact) mass is 509 g/mol. The fourth-order valence-corrected chi connectivity index (χ4v) is 3.68. The van der Waals surface area contributed by atoms with Gasteiger partial charge >= 0.3 is 6.09 Å². The molecule has 2 aliphatic rings. The predicted molar refractivity (Wildman–Crippen MR) is 121 cm³/mol. The largest absolute Gasteiger partial charge is 0.444 e. The lowest BCUT2D eigenvalue weighted by molar-refractivity contribution is -0.138. The van der Waals surface area contributed by atoms with Gasteiger partial charge in [-0.1, -0.05) is 12.8 Å². The number of rotatable bonds is 4. The Balaban J connectivity index is 0.00000392. The molecule has 0 aromatic rings. The maximum atomic E-state index is 12.7. The fourth-order valence-electron chi connectivity index (χ4n) is 3.68. The van der Waals surface area contributed by atoms with Gasteiger partial charge in [0.25, 0.3) is 0 Å². The van der Waals surface area contributed by atoms with Crippen LogP contribution in [0.15, 0.2) is 4.99 Å². The number of nitrogens with one attached hydrogen (secondary N) is 2. The maximum Gasteiger partial charge on any atom is 0.410 e. The van der Waals surface area contributed by atoms with E-state index in [1.165, 1.54) is 0 Å². The van der Waals surface area contributed by atoms with Crippen LogP contribution >= 0.6 is 24.0 Å². The molecule has 0 aromatic carbocycles. The van der Waals surface area contributed by atoms with Gasteiger partial charge in [0.15, 0.2) is 5.96 Å². The van der Waals surface area contributed by atoms with Crippen LogP contribution in [0.3, 0.4) is 0 Å². The molecule has 0 aromatic heterocycles. The minimum Gasteiger partial charge on any atom is -0.444 e. The number of aliphatic imine (C=N–C) groups is 1. The molecule has 0 spiro atoms. The summed E-state index contributed by atoms with van der Waals surface area (Å²) in [5.41, 5.74) is -0.828. The van der Waals surface area contributed by atoms with Crippen molar-refractivity contribution in [3.05, 3.63) is 0 Å². The molecule has 1 aliphatic carbocycles. The molecule has 0 atom stereocenters. The van der Waals surface area contributed by atoms with Crippen molar-refractivity contribution in [1.82, 2.24) is 20.4 Å². The highest BCUT2D eigenvalue weighted by atomic mass is 127. The number of hydrogen-bond acceptors (Lipinski definition) is 4. The average molecular weight is 509 g/mol. The Labute approximate surface area is 185 Å². The van der Waals surface area contributed by atoms with Crippen molar-refractivity contribution in [1.29, 1.82) is 0 Å². The van der Waals surface area contributed by atoms with E-state index in [9.17, 15) is 9.59 Å². The Hall–Kier alpha value is -1.26. The van der Waals surface area contributed by atoms with E-state index in [1.807, 2.05) is 34.9 Å². The zero-order chi connectivity index (χ0) is 20.2. The van der Waals surface area contributed by atoms with Crippen LogP contribution in [0, 0.1) is 5.41 Å². The summed E-state index contributed by atoms with van der Waals surface area (Å²) in [7, 11) is 5.35. The minimum atomic E-state index is -0.484. The number of guanidine groups is 1. The van der Waals surface area contributed by atoms with Crippen LogP contribution in [0.25, 0.3) is 0 Å². The molecule has 2 fully saturated rings. The Morgan fingerprint density at radius 3 is 2.25 bits per heavy atom. The number of nitrogens with zero attached hydrogens (tertiary/aromatic N) is 3. The van der Waals surface area contributed by atoms with Crippen molar-refractivity contribution < 1.29 is 14.3 Å². The van der Waals surface area contributed by atoms with Crippen LogP contribution in [0.1, 0.15) is 46.5 Å². The first kappa shape index (κ1) is 24.8. The second-order valence-corrected chi connectivity index (χ2v) is 8.84. The zero-order valence-electron chi connectivity index (χ0n) is 18.0. The number of hydrogen-bond donors (Lipinski definition) is 2. The summed E-state index contributed by atoms with van der Waals surface area (Å²) in [5.74, 6) is 0.851. The normalized spacial score (nSPS) is 19.4. The highest BCUT2D eigenvalue weighted by molar-refractivity contribution is 14.0. The van der Waals surface area contributed by atoms with Crippen LogP contribution in [0.4, 0.5) is 4.79 Å². The van der Waals surface area contributed by atoms with Crippen molar-refractivity contribution >= 4 is 41.9 Å². The number of carbonyl (C=O) groups is 2. The molecule has 2 rings (SSSR count). The van der Waals surface area contributed by atoms with Crippen LogP contribution in [0.5, 0.6) is 0 Å². The van der Waals surface area contributed by atoms with Crippen molar-refractivity contribution in [2.45, 2.75) is 58.1 Å². The van der Waals surface area contributed by atoms with Crippen LogP contribution in [-0.4, -0.2) is 80.2 Å². The van der Waals surface area contributed by atoms with E-state index in [0.717, 1.165) is 25.7 Å². The average Bonchev–Trinajstić information content (AvgIpc) is 3.00. The SMILES string of the molecule is CN=C(NCC1(C(=O)N(C)C)CCCC1)NC1CN(C(=O)OC(C)(C)C)C1.I. The molecule has 0 bridgehead atoms. The number of carbonyl (C=O) groups excluding carboxylic acids is 2. The van der Waals surface area contributed by atoms with E-state index >= 15 is 0 Å². The zero-order valence-corrected chi connectivity index (χ0v) is 20.3. The first-order chi connectivity index (χ1) is 12.6. The fraction of sp³-hybridized carbons (Fsp3) is 0.842. The number of amides is 2. The van der Waals surface area contributed by atoms with Gasteiger partial charge in [-0.25, -0.2) is 4.79 Å². The van der Waals surface area contributed by atoms with E-state index in [1.54, 1.807) is 16.8 Å². The van der Waals surface area contributed by atoms with Gasteiger partial charge in [0.2, 0.25) is 5.91 Å². The lowest BCUT2D eigenvalue weighted by Gasteiger charge is -2.40. The maximum absolute atomic E-state index is 12.7. The molecule has 1 saturated heterocycles. The minimum absolute atomic E-state index is 0. The summed E-state index contributed by atoms with van der Waals surface area (Å²) >= 11 is 0. The molecule has 9 heteroatoms. The quantitative estimate of drug-likeness (QED) is 0.344. The standard InChI is InChI=1S/C19H35N5O3.HI/c1-18(2,3)27-17(26)24-11-14(12-24)22-16(20-4)21-13-19(9-7-8-10-19)15(25)23(5)6;/h14H,7-13H2,1-6H3,(H2,20,21,22);1H. The molecule has 2 N–H and O–H groups in total. The molecular formula is C19H36IN5O3. The lowest BCUT2D eigenvalue weighted by Crippen LogP contribution is -2.63. The Morgan fingerprint density at radius 1 is 1.21 bits per heavy atom. The molecule has 1 saturated carbocycles. The Morgan fingerprint density at radius 2 is 1.79 bits per heavy atom. The molecule has 162 valence electrons. The van der Waals surface area contributed by atoms with Crippen LogP contribution < -0.4 is 10.6 Å². The van der Waals surface area contributed by atoms with Crippen molar-refractivity contribution in [2.24, 2.45) is 10.4 Å². The second-order valence-electron chi connectivity index (χ2n) is 8.84. The molecule has 28 heavy (non-hydrogen) atoms. The summed E-state index contributed by atoms with van der Waals surface area (Å²) in [5, 5.41) is 6.65. The molecule has 1 aliphatic heterocycles. The first-order valence-corrected chi connectivity index (χ1v) is 9.73. The van der Waals surface area contributed by atoms with Crippen LogP contribution in [-0.2, 0) is 9.53 Å². The van der Waals surface area contributed by atoms with Gasteiger partial charge in [0.1, 0.15) is 5.60 Å². The van der Waals surface area contributed by atoms with E-state index in [0.29, 0.717) is 25.6 Å². The predicted octanol–water partition coefficient (Wildman–Crippen LogP) is 2.04. The summed E-state index contributed by atoms with van der Waals surface area (Å²) in [6.45, 7) is 7.32. The summed E-state index contributed by atoms with van der Waals surface area (Å²) < 4.78 is 5.37. The summed E-state index contributed by atoms with van der Waals surface area (Å²) in [6, 6.07) is 0.132. The van der Waals surface area contributed by atoms with Gasteiger partial charge in [0, 0.05) is 40.8 Å². The van der Waals surface area contributed by atoms with E-state index in [-0.39, 0.29) is 47.4 Å². The topological polar surface area (TPSA) is 86.3 Å². The second kappa shape index (κ2) is 9.98. The van der Waals surface area contributed by atoms with Crippen molar-refractivity contribution in [3.63, 3.8) is 0 Å². The molecule has 0 radical (unpaired) electrons. The smallest absolute Gasteiger partial charge is 0.410 e. The number of likely N-dealkylation sites (tertiary alicyclic amines) is 1. The van der Waals surface area contributed by atoms with Gasteiger partial charge in [0.05, 0.1) is 11.5 Å². The van der Waals surface area contributed by atoms with Crippen LogP contribution in [0.2, 0.25) is 0 Å². The van der Waals surface area contributed by atoms with Gasteiger partial charge in [-0.2, -0.15) is 0 Å². The van der Waals surface area contributed by atoms with Gasteiger partial charge in [-0.15, -0.1) is 24.0 Å². The van der Waals surface area contributed by atoms with E-state index in [4.69, 9.17) is 4.74 Å². The number of halogens is 1. The summed E-state index contributed by atoms with van der Waals surface area (Å²) in [6.07, 6.45) is 3.69. The molecule has 8 nitrogen and oxygen atoms in total. The van der Waals surface area contributed by atoms with Crippen molar-refractivity contribution in [3.8, 4) is 0 Å². The molecule has 1 heterocycles. The highest BCUT2D eigenvalue weighted by Gasteiger charge is 2.42. The molecule has 2 amide bonds. The Bertz CT molecular complexity index is 577. The number of ether oxygens (including phenoxy) is 1. The summed E-state index contributed by atoms with van der Waals surface area (Å²) in [4.78, 5) is 32.3. The van der Waals surface area contributed by atoms with Crippen molar-refractivity contribution in [2.75, 3.05) is 40.8 Å². The Kier molecular flexibility index (Phi) is 8.83. The van der Waals surface area contributed by atoms with Gasteiger partial charge < -0.3 is 25.2 Å². The van der Waals surface area contributed by atoms with E-state index < -0.39 is 5.60 Å². The third-order valence-electron chi connectivity index (χ3n) is 5.11. The first-order valence-electron chi connectivity index (χ1n) is 9.73.